The molecule has 1 amide bonds. The molecule has 1 aromatic heterocycles. The predicted octanol–water partition coefficient (Wildman–Crippen LogP) is 3.43. The molecule has 92 valence electrons. The van der Waals surface area contributed by atoms with Gasteiger partial charge in [0.05, 0.1) is 11.9 Å². The van der Waals surface area contributed by atoms with Crippen molar-refractivity contribution in [2.75, 3.05) is 11.9 Å². The summed E-state index contributed by atoms with van der Waals surface area (Å²) in [7, 11) is 1.75. The normalized spacial score (nSPS) is 10.2. The summed E-state index contributed by atoms with van der Waals surface area (Å²) in [5, 5.41) is 0. The summed E-state index contributed by atoms with van der Waals surface area (Å²) in [6.07, 6.45) is 3.36. The van der Waals surface area contributed by atoms with Gasteiger partial charge in [-0.15, -0.1) is 0 Å². The molecule has 0 aliphatic carbocycles. The predicted molar refractivity (Wildman–Crippen MR) is 75.8 cm³/mol. The molecule has 0 radical (unpaired) electrons. The summed E-state index contributed by atoms with van der Waals surface area (Å²) in [5.74, 6) is -0.0430. The lowest BCUT2D eigenvalue weighted by atomic mass is 10.1. The third-order valence-electron chi connectivity index (χ3n) is 2.74. The summed E-state index contributed by atoms with van der Waals surface area (Å²) in [4.78, 5) is 17.9. The number of pyridine rings is 1. The van der Waals surface area contributed by atoms with Crippen molar-refractivity contribution in [2.24, 2.45) is 0 Å². The van der Waals surface area contributed by atoms with E-state index in [0.29, 0.717) is 5.56 Å². The topological polar surface area (TPSA) is 33.2 Å². The van der Waals surface area contributed by atoms with Crippen LogP contribution in [0.4, 0.5) is 5.69 Å². The highest BCUT2D eigenvalue weighted by molar-refractivity contribution is 9.10. The molecule has 2 aromatic rings. The second-order valence-electron chi connectivity index (χ2n) is 4.04. The quantitative estimate of drug-likeness (QED) is 0.851. The van der Waals surface area contributed by atoms with Gasteiger partial charge in [0.2, 0.25) is 0 Å². The number of nitrogens with zero attached hydrogens (tertiary/aromatic N) is 2. The monoisotopic (exact) mass is 304 g/mol. The van der Waals surface area contributed by atoms with Crippen LogP contribution in [0, 0.1) is 6.92 Å². The van der Waals surface area contributed by atoms with E-state index in [1.54, 1.807) is 24.3 Å². The Bertz CT molecular complexity index is 569. The van der Waals surface area contributed by atoms with Gasteiger partial charge in [0, 0.05) is 23.3 Å². The molecule has 0 N–H and O–H groups in total. The molecule has 0 bridgehead atoms. The van der Waals surface area contributed by atoms with Gasteiger partial charge >= 0.3 is 0 Å². The molecule has 0 unspecified atom stereocenters. The van der Waals surface area contributed by atoms with E-state index in [4.69, 9.17) is 0 Å². The van der Waals surface area contributed by atoms with Crippen molar-refractivity contribution in [3.05, 3.63) is 58.3 Å². The molecule has 0 aliphatic rings. The van der Waals surface area contributed by atoms with Crippen LogP contribution in [0.3, 0.4) is 0 Å². The van der Waals surface area contributed by atoms with Crippen LogP contribution in [0.5, 0.6) is 0 Å². The second-order valence-corrected chi connectivity index (χ2v) is 4.89. The van der Waals surface area contributed by atoms with E-state index in [9.17, 15) is 4.79 Å². The molecular formula is C14H13BrN2O. The minimum Gasteiger partial charge on any atom is -0.310 e. The highest BCUT2D eigenvalue weighted by Crippen LogP contribution is 2.19. The Labute approximate surface area is 115 Å². The Kier molecular flexibility index (Phi) is 3.77. The zero-order valence-electron chi connectivity index (χ0n) is 10.2. The van der Waals surface area contributed by atoms with Gasteiger partial charge in [-0.3, -0.25) is 9.78 Å². The van der Waals surface area contributed by atoms with E-state index < -0.39 is 0 Å². The largest absolute Gasteiger partial charge is 0.310 e. The molecule has 0 saturated heterocycles. The number of hydrogen-bond acceptors (Lipinski definition) is 2. The maximum absolute atomic E-state index is 12.3. The highest BCUT2D eigenvalue weighted by atomic mass is 79.9. The van der Waals surface area contributed by atoms with E-state index in [0.717, 1.165) is 15.7 Å². The Morgan fingerprint density at radius 3 is 2.72 bits per heavy atom. The summed E-state index contributed by atoms with van der Waals surface area (Å²) in [5.41, 5.74) is 2.49. The maximum Gasteiger partial charge on any atom is 0.258 e. The van der Waals surface area contributed by atoms with Crippen molar-refractivity contribution >= 4 is 27.5 Å². The molecule has 1 aromatic carbocycles. The Morgan fingerprint density at radius 2 is 2.11 bits per heavy atom. The van der Waals surface area contributed by atoms with Gasteiger partial charge in [-0.2, -0.15) is 0 Å². The molecule has 4 heteroatoms. The van der Waals surface area contributed by atoms with Crippen LogP contribution < -0.4 is 4.90 Å². The van der Waals surface area contributed by atoms with Gasteiger partial charge in [-0.25, -0.2) is 0 Å². The zero-order chi connectivity index (χ0) is 13.1. The zero-order valence-corrected chi connectivity index (χ0v) is 11.8. The van der Waals surface area contributed by atoms with E-state index in [1.807, 2.05) is 37.3 Å². The number of carbonyl (C=O) groups is 1. The van der Waals surface area contributed by atoms with E-state index in [2.05, 4.69) is 20.9 Å². The van der Waals surface area contributed by atoms with Crippen molar-refractivity contribution in [3.63, 3.8) is 0 Å². The van der Waals surface area contributed by atoms with Gasteiger partial charge < -0.3 is 4.90 Å². The minimum absolute atomic E-state index is 0.0430. The lowest BCUT2D eigenvalue weighted by Gasteiger charge is -2.17. The molecule has 0 spiro atoms. The first-order valence-corrected chi connectivity index (χ1v) is 6.33. The Hall–Kier alpha value is -1.68. The number of carbonyl (C=O) groups excluding carboxylic acids is 1. The lowest BCUT2D eigenvalue weighted by Crippen LogP contribution is -2.26. The van der Waals surface area contributed by atoms with Crippen LogP contribution in [0.25, 0.3) is 0 Å². The first kappa shape index (κ1) is 12.8. The lowest BCUT2D eigenvalue weighted by molar-refractivity contribution is 0.0993. The molecule has 0 fully saturated rings. The van der Waals surface area contributed by atoms with Gasteiger partial charge in [0.1, 0.15) is 0 Å². The summed E-state index contributed by atoms with van der Waals surface area (Å²) < 4.78 is 1.00. The summed E-state index contributed by atoms with van der Waals surface area (Å²) >= 11 is 3.43. The van der Waals surface area contributed by atoms with Crippen LogP contribution in [0.15, 0.2) is 47.2 Å². The Balaban J connectivity index is 2.29. The molecule has 2 rings (SSSR count). The molecular weight excluding hydrogens is 292 g/mol. The highest BCUT2D eigenvalue weighted by Gasteiger charge is 2.13. The molecule has 0 atom stereocenters. The number of aromatic nitrogens is 1. The van der Waals surface area contributed by atoms with Gasteiger partial charge in [-0.05, 0) is 42.8 Å². The molecule has 0 saturated carbocycles. The van der Waals surface area contributed by atoms with Gasteiger partial charge in [-0.1, -0.05) is 15.9 Å². The molecule has 3 nitrogen and oxygen atoms in total. The second kappa shape index (κ2) is 5.31. The summed E-state index contributed by atoms with van der Waals surface area (Å²) in [6.45, 7) is 1.96. The number of aryl methyl sites for hydroxylation is 1. The van der Waals surface area contributed by atoms with E-state index in [-0.39, 0.29) is 5.91 Å². The molecule has 18 heavy (non-hydrogen) atoms. The fourth-order valence-electron chi connectivity index (χ4n) is 1.64. The number of hydrogen-bond donors (Lipinski definition) is 0. The number of rotatable bonds is 2. The first-order valence-electron chi connectivity index (χ1n) is 5.54. The van der Waals surface area contributed by atoms with Crippen molar-refractivity contribution < 1.29 is 4.79 Å². The number of anilines is 1. The fraction of sp³-hybridized carbons (Fsp3) is 0.143. The van der Waals surface area contributed by atoms with Crippen LogP contribution in [0.1, 0.15) is 15.9 Å². The fourth-order valence-corrected chi connectivity index (χ4v) is 1.89. The third kappa shape index (κ3) is 2.59. The minimum atomic E-state index is -0.0430. The van der Waals surface area contributed by atoms with Gasteiger partial charge in [0.25, 0.3) is 5.91 Å². The van der Waals surface area contributed by atoms with Gasteiger partial charge in [0.15, 0.2) is 0 Å². The average molecular weight is 305 g/mol. The summed E-state index contributed by atoms with van der Waals surface area (Å²) in [6, 6.07) is 9.24. The Morgan fingerprint density at radius 1 is 1.33 bits per heavy atom. The van der Waals surface area contributed by atoms with E-state index >= 15 is 0 Å². The maximum atomic E-state index is 12.3. The van der Waals surface area contributed by atoms with Crippen LogP contribution in [-0.4, -0.2) is 17.9 Å². The number of amides is 1. The van der Waals surface area contributed by atoms with Crippen molar-refractivity contribution in [2.45, 2.75) is 6.92 Å². The van der Waals surface area contributed by atoms with Crippen molar-refractivity contribution in [1.29, 1.82) is 0 Å². The van der Waals surface area contributed by atoms with Crippen molar-refractivity contribution in [3.8, 4) is 0 Å². The molecule has 1 heterocycles. The van der Waals surface area contributed by atoms with E-state index in [1.165, 1.54) is 0 Å². The number of benzene rings is 1. The third-order valence-corrected chi connectivity index (χ3v) is 3.63. The smallest absolute Gasteiger partial charge is 0.258 e. The van der Waals surface area contributed by atoms with Crippen LogP contribution >= 0.6 is 15.9 Å². The SMILES string of the molecule is Cc1cc(C(=O)N(C)c2cccnc2)ccc1Br. The average Bonchev–Trinajstić information content (AvgIpc) is 2.41. The standard InChI is InChI=1S/C14H13BrN2O/c1-10-8-11(5-6-13(10)15)14(18)17(2)12-4-3-7-16-9-12/h3-9H,1-2H3. The first-order chi connectivity index (χ1) is 8.59. The van der Waals surface area contributed by atoms with Crippen LogP contribution in [-0.2, 0) is 0 Å². The van der Waals surface area contributed by atoms with Crippen molar-refractivity contribution in [1.82, 2.24) is 4.98 Å². The number of halogens is 1. The van der Waals surface area contributed by atoms with Crippen LogP contribution in [0.2, 0.25) is 0 Å². The molecule has 0 aliphatic heterocycles.